The highest BCUT2D eigenvalue weighted by Crippen LogP contribution is 2.15. The Morgan fingerprint density at radius 1 is 1.80 bits per heavy atom. The van der Waals surface area contributed by atoms with Gasteiger partial charge in [-0.25, -0.2) is 4.79 Å². The van der Waals surface area contributed by atoms with Crippen molar-refractivity contribution in [2.75, 3.05) is 6.61 Å². The molecule has 1 heterocycles. The Morgan fingerprint density at radius 2 is 2.60 bits per heavy atom. The highest BCUT2D eigenvalue weighted by molar-refractivity contribution is 7.31. The molecule has 2 nitrogen and oxygen atoms in total. The maximum Gasteiger partial charge on any atom is 0.341 e. The van der Waals surface area contributed by atoms with Gasteiger partial charge in [0.15, 0.2) is 0 Å². The lowest BCUT2D eigenvalue weighted by atomic mass is 10.5. The molecule has 0 aromatic carbocycles. The van der Waals surface area contributed by atoms with Crippen molar-refractivity contribution in [3.63, 3.8) is 0 Å². The Labute approximate surface area is 61.3 Å². The highest BCUT2D eigenvalue weighted by Gasteiger charge is 2.03. The van der Waals surface area contributed by atoms with E-state index in [4.69, 9.17) is 4.74 Å². The average molecular weight is 156 g/mol. The number of hydrogen-bond donors (Lipinski definition) is 0. The Kier molecular flexibility index (Phi) is 2.52. The van der Waals surface area contributed by atoms with Crippen LogP contribution >= 0.6 is 8.19 Å². The lowest BCUT2D eigenvalue weighted by molar-refractivity contribution is 0.0532. The third kappa shape index (κ3) is 1.61. The summed E-state index contributed by atoms with van der Waals surface area (Å²) < 4.78 is 4.79. The van der Waals surface area contributed by atoms with Crippen LogP contribution in [-0.4, -0.2) is 12.6 Å². The van der Waals surface area contributed by atoms with E-state index in [-0.39, 0.29) is 5.97 Å². The van der Waals surface area contributed by atoms with Crippen molar-refractivity contribution in [2.45, 2.75) is 6.92 Å². The second-order valence-corrected chi connectivity index (χ2v) is 2.96. The number of rotatable bonds is 2. The molecule has 0 aliphatic carbocycles. The summed E-state index contributed by atoms with van der Waals surface area (Å²) in [5.41, 5.74) is 0. The van der Waals surface area contributed by atoms with E-state index in [1.54, 1.807) is 6.07 Å². The molecule has 0 spiro atoms. The summed E-state index contributed by atoms with van der Waals surface area (Å²) >= 11 is 0. The molecule has 0 amide bonds. The van der Waals surface area contributed by atoms with Crippen LogP contribution in [0.1, 0.15) is 17.0 Å². The molecule has 10 heavy (non-hydrogen) atoms. The van der Waals surface area contributed by atoms with Crippen LogP contribution in [0.3, 0.4) is 0 Å². The van der Waals surface area contributed by atoms with Crippen LogP contribution in [0.25, 0.3) is 0 Å². The van der Waals surface area contributed by atoms with Gasteiger partial charge in [0.1, 0.15) is 0 Å². The van der Waals surface area contributed by atoms with Crippen molar-refractivity contribution in [3.8, 4) is 0 Å². The van der Waals surface area contributed by atoms with Crippen molar-refractivity contribution >= 4 is 14.2 Å². The lowest BCUT2D eigenvalue weighted by Gasteiger charge is -1.96. The molecule has 1 aromatic heterocycles. The lowest BCUT2D eigenvalue weighted by Crippen LogP contribution is -2.00. The van der Waals surface area contributed by atoms with Crippen LogP contribution in [0.2, 0.25) is 0 Å². The van der Waals surface area contributed by atoms with Gasteiger partial charge in [0.05, 0.1) is 11.9 Å². The van der Waals surface area contributed by atoms with E-state index in [2.05, 4.69) is 0 Å². The molecule has 0 saturated carbocycles. The molecule has 0 fully saturated rings. The van der Waals surface area contributed by atoms with Gasteiger partial charge < -0.3 is 4.74 Å². The summed E-state index contributed by atoms with van der Waals surface area (Å²) in [5, 5.41) is 0.779. The Morgan fingerprint density at radius 3 is 3.10 bits per heavy atom. The molecule has 1 rings (SSSR count). The fourth-order valence-corrected chi connectivity index (χ4v) is 1.42. The van der Waals surface area contributed by atoms with E-state index in [1.165, 1.54) is 0 Å². The molecule has 0 aliphatic heterocycles. The molecule has 0 radical (unpaired) electrons. The van der Waals surface area contributed by atoms with E-state index in [9.17, 15) is 4.79 Å². The summed E-state index contributed by atoms with van der Waals surface area (Å²) in [6.45, 7) is 2.27. The molecule has 1 unspecified atom stereocenters. The summed E-state index contributed by atoms with van der Waals surface area (Å²) in [4.78, 5) is 10.9. The minimum Gasteiger partial charge on any atom is -0.462 e. The molecule has 0 aliphatic rings. The predicted molar refractivity (Wildman–Crippen MR) is 41.9 cm³/mol. The standard InChI is InChI=1S/C7H9O2P/c1-2-9-7(8)6-4-3-5-10-6/h3-5,10H,2H2,1H3. The molecular weight excluding hydrogens is 147 g/mol. The topological polar surface area (TPSA) is 26.3 Å². The fraction of sp³-hybridized carbons (Fsp3) is 0.286. The zero-order valence-corrected chi connectivity index (χ0v) is 6.76. The minimum atomic E-state index is -0.175. The van der Waals surface area contributed by atoms with Crippen molar-refractivity contribution in [3.05, 3.63) is 23.2 Å². The second-order valence-electron chi connectivity index (χ2n) is 1.80. The van der Waals surface area contributed by atoms with Gasteiger partial charge in [0, 0.05) is 0 Å². The molecule has 1 aromatic rings. The molecule has 0 N–H and O–H groups in total. The van der Waals surface area contributed by atoms with Crippen LogP contribution in [0, 0.1) is 0 Å². The summed E-state index contributed by atoms with van der Waals surface area (Å²) in [7, 11) is 0.496. The summed E-state index contributed by atoms with van der Waals surface area (Å²) in [6.07, 6.45) is 0. The molecule has 0 bridgehead atoms. The fourth-order valence-electron chi connectivity index (χ4n) is 0.666. The maximum absolute atomic E-state index is 10.9. The van der Waals surface area contributed by atoms with Crippen molar-refractivity contribution in [1.29, 1.82) is 0 Å². The Balaban J connectivity index is 2.59. The largest absolute Gasteiger partial charge is 0.462 e. The number of carbonyl (C=O) groups is 1. The van der Waals surface area contributed by atoms with E-state index < -0.39 is 0 Å². The van der Waals surface area contributed by atoms with Gasteiger partial charge in [-0.15, -0.1) is 8.19 Å². The second kappa shape index (κ2) is 3.43. The first-order valence-electron chi connectivity index (χ1n) is 3.15. The first-order valence-corrected chi connectivity index (χ1v) is 4.23. The van der Waals surface area contributed by atoms with Crippen LogP contribution in [0.4, 0.5) is 0 Å². The highest BCUT2D eigenvalue weighted by atomic mass is 31.0. The van der Waals surface area contributed by atoms with Crippen molar-refractivity contribution in [1.82, 2.24) is 0 Å². The first kappa shape index (κ1) is 7.36. The molecule has 54 valence electrons. The van der Waals surface area contributed by atoms with Crippen LogP contribution in [-0.2, 0) is 4.74 Å². The van der Waals surface area contributed by atoms with Gasteiger partial charge in [-0.1, -0.05) is 6.07 Å². The zero-order valence-electron chi connectivity index (χ0n) is 5.76. The third-order valence-electron chi connectivity index (χ3n) is 1.09. The van der Waals surface area contributed by atoms with Gasteiger partial charge in [-0.05, 0) is 18.8 Å². The maximum atomic E-state index is 10.9. The van der Waals surface area contributed by atoms with Gasteiger partial charge in [0.25, 0.3) is 0 Å². The summed E-state index contributed by atoms with van der Waals surface area (Å²) in [5.74, 6) is 1.79. The van der Waals surface area contributed by atoms with Crippen molar-refractivity contribution in [2.24, 2.45) is 0 Å². The first-order chi connectivity index (χ1) is 4.84. The Bertz CT molecular complexity index is 203. The zero-order chi connectivity index (χ0) is 7.40. The molecule has 3 heteroatoms. The number of esters is 1. The quantitative estimate of drug-likeness (QED) is 0.611. The number of hydrogen-bond acceptors (Lipinski definition) is 2. The molecule has 0 saturated heterocycles. The molecular formula is C7H9O2P. The monoisotopic (exact) mass is 156 g/mol. The van der Waals surface area contributed by atoms with Crippen LogP contribution < -0.4 is 0 Å². The van der Waals surface area contributed by atoms with Crippen LogP contribution in [0.15, 0.2) is 17.9 Å². The van der Waals surface area contributed by atoms with E-state index in [1.807, 2.05) is 18.8 Å². The van der Waals surface area contributed by atoms with Gasteiger partial charge >= 0.3 is 5.97 Å². The normalized spacial score (nSPS) is 10.1. The van der Waals surface area contributed by atoms with Crippen molar-refractivity contribution < 1.29 is 9.53 Å². The van der Waals surface area contributed by atoms with E-state index in [0.717, 1.165) is 5.30 Å². The number of carbonyl (C=O) groups excluding carboxylic acids is 1. The minimum absolute atomic E-state index is 0.175. The average Bonchev–Trinajstić information content (AvgIpc) is 2.38. The predicted octanol–water partition coefficient (Wildman–Crippen LogP) is 1.89. The van der Waals surface area contributed by atoms with Gasteiger partial charge in [0.2, 0.25) is 0 Å². The molecule has 1 atom stereocenters. The van der Waals surface area contributed by atoms with Gasteiger partial charge in [-0.2, -0.15) is 0 Å². The van der Waals surface area contributed by atoms with E-state index >= 15 is 0 Å². The van der Waals surface area contributed by atoms with Crippen LogP contribution in [0.5, 0.6) is 0 Å². The SMILES string of the molecule is CCOC(=O)c1ccc[pH]1. The summed E-state index contributed by atoms with van der Waals surface area (Å²) in [6, 6.07) is 3.68. The van der Waals surface area contributed by atoms with Gasteiger partial charge in [-0.3, -0.25) is 0 Å². The Hall–Kier alpha value is -0.750. The number of ether oxygens (including phenoxy) is 1. The smallest absolute Gasteiger partial charge is 0.341 e. The van der Waals surface area contributed by atoms with E-state index in [0.29, 0.717) is 14.8 Å². The third-order valence-corrected chi connectivity index (χ3v) is 2.13.